The minimum absolute atomic E-state index is 0.0106. The molecule has 0 aromatic carbocycles. The molecule has 0 spiro atoms. The number of aromatic carboxylic acids is 1. The zero-order valence-corrected chi connectivity index (χ0v) is 9.52. The van der Waals surface area contributed by atoms with Crippen LogP contribution in [0.25, 0.3) is 11.0 Å². The number of carboxylic acids is 1. The third kappa shape index (κ3) is 1.34. The molecule has 2 aromatic heterocycles. The summed E-state index contributed by atoms with van der Waals surface area (Å²) in [5.74, 6) is -1.09. The Morgan fingerprint density at radius 1 is 1.57 bits per heavy atom. The normalized spacial score (nSPS) is 10.7. The van der Waals surface area contributed by atoms with Crippen molar-refractivity contribution in [3.8, 4) is 0 Å². The first-order valence-electron chi connectivity index (χ1n) is 3.53. The van der Waals surface area contributed by atoms with Gasteiger partial charge in [0.15, 0.2) is 5.65 Å². The van der Waals surface area contributed by atoms with Crippen molar-refractivity contribution < 1.29 is 9.90 Å². The maximum atomic E-state index is 10.7. The van der Waals surface area contributed by atoms with Crippen LogP contribution in [0.4, 0.5) is 0 Å². The van der Waals surface area contributed by atoms with Gasteiger partial charge in [0.05, 0.1) is 45.0 Å². The second-order valence-electron chi connectivity index (χ2n) is 2.53. The van der Waals surface area contributed by atoms with E-state index in [0.717, 1.165) is 0 Å². The average molecular weight is 323 g/mol. The summed E-state index contributed by atoms with van der Waals surface area (Å²) in [4.78, 5) is 14.7. The highest BCUT2D eigenvalue weighted by Crippen LogP contribution is 2.25. The molecule has 0 amide bonds. The molecule has 0 aliphatic heterocycles. The maximum Gasteiger partial charge on any atom is 0.338 e. The first kappa shape index (κ1) is 9.66. The van der Waals surface area contributed by atoms with Gasteiger partial charge in [0.2, 0.25) is 0 Å². The minimum Gasteiger partial charge on any atom is -0.478 e. The zero-order chi connectivity index (χ0) is 10.3. The van der Waals surface area contributed by atoms with Crippen LogP contribution < -0.4 is 0 Å². The molecule has 0 fully saturated rings. The van der Waals surface area contributed by atoms with Crippen molar-refractivity contribution in [1.82, 2.24) is 13.0 Å². The van der Waals surface area contributed by atoms with Gasteiger partial charge in [0.1, 0.15) is 0 Å². The number of hydrogen-bond donors (Lipinski definition) is 1. The molecule has 2 heterocycles. The first-order chi connectivity index (χ1) is 6.61. The molecule has 0 atom stereocenters. The van der Waals surface area contributed by atoms with Crippen LogP contribution in [-0.2, 0) is 0 Å². The Kier molecular flexibility index (Phi) is 2.31. The minimum atomic E-state index is -1.09. The van der Waals surface area contributed by atoms with E-state index >= 15 is 0 Å². The number of aromatic nitrogens is 3. The Morgan fingerprint density at radius 3 is 2.93 bits per heavy atom. The number of rotatable bonds is 1. The number of halogens is 2. The quantitative estimate of drug-likeness (QED) is 0.815. The summed E-state index contributed by atoms with van der Waals surface area (Å²) in [6.07, 6.45) is 2.72. The van der Waals surface area contributed by atoms with E-state index in [2.05, 4.69) is 10.1 Å². The standard InChI is InChI=1S/C7H3ClIN3O2/c8-5-3-2-11-12(9)6(3)10-1-4(5)7(13)14/h1-2H,(H,13,14). The van der Waals surface area contributed by atoms with Crippen LogP contribution in [0.5, 0.6) is 0 Å². The molecule has 0 unspecified atom stereocenters. The fourth-order valence-corrected chi connectivity index (χ4v) is 1.84. The summed E-state index contributed by atoms with van der Waals surface area (Å²) in [5.41, 5.74) is 0.546. The van der Waals surface area contributed by atoms with Gasteiger partial charge in [-0.15, -0.1) is 0 Å². The van der Waals surface area contributed by atoms with E-state index in [1.807, 2.05) is 22.9 Å². The summed E-state index contributed by atoms with van der Waals surface area (Å²) >= 11 is 7.81. The first-order valence-corrected chi connectivity index (χ1v) is 4.87. The Labute approximate surface area is 97.2 Å². The highest BCUT2D eigenvalue weighted by atomic mass is 127. The molecule has 1 N–H and O–H groups in total. The molecule has 2 rings (SSSR count). The summed E-state index contributed by atoms with van der Waals surface area (Å²) in [6.45, 7) is 0. The molecule has 0 saturated carbocycles. The number of fused-ring (bicyclic) bond motifs is 1. The van der Waals surface area contributed by atoms with Crippen molar-refractivity contribution in [2.45, 2.75) is 0 Å². The van der Waals surface area contributed by atoms with Crippen LogP contribution in [0.15, 0.2) is 12.4 Å². The number of hydrogen-bond acceptors (Lipinski definition) is 3. The van der Waals surface area contributed by atoms with E-state index in [9.17, 15) is 4.79 Å². The van der Waals surface area contributed by atoms with Crippen molar-refractivity contribution in [2.75, 3.05) is 0 Å². The molecule has 0 radical (unpaired) electrons. The summed E-state index contributed by atoms with van der Waals surface area (Å²) in [7, 11) is 0. The van der Waals surface area contributed by atoms with Gasteiger partial charge in [0, 0.05) is 6.20 Å². The van der Waals surface area contributed by atoms with Crippen LogP contribution in [0, 0.1) is 0 Å². The fourth-order valence-electron chi connectivity index (χ4n) is 1.07. The fraction of sp³-hybridized carbons (Fsp3) is 0. The third-order valence-electron chi connectivity index (χ3n) is 1.72. The molecule has 0 saturated heterocycles. The Morgan fingerprint density at radius 2 is 2.29 bits per heavy atom. The predicted octanol–water partition coefficient (Wildman–Crippen LogP) is 1.98. The number of pyridine rings is 1. The highest BCUT2D eigenvalue weighted by Gasteiger charge is 2.14. The second-order valence-corrected chi connectivity index (χ2v) is 3.82. The molecular formula is C7H3ClIN3O2. The Balaban J connectivity index is 2.82. The molecule has 0 aliphatic carbocycles. The van der Waals surface area contributed by atoms with Crippen LogP contribution in [0.1, 0.15) is 10.4 Å². The third-order valence-corrected chi connectivity index (χ3v) is 2.84. The van der Waals surface area contributed by atoms with Gasteiger partial charge in [-0.3, -0.25) is 0 Å². The van der Waals surface area contributed by atoms with E-state index in [1.165, 1.54) is 15.3 Å². The van der Waals surface area contributed by atoms with Crippen molar-refractivity contribution in [2.24, 2.45) is 0 Å². The second kappa shape index (κ2) is 3.35. The monoisotopic (exact) mass is 323 g/mol. The van der Waals surface area contributed by atoms with E-state index in [1.54, 1.807) is 0 Å². The number of carboxylic acid groups (broad SMARTS) is 1. The predicted molar refractivity (Wildman–Crippen MR) is 58.9 cm³/mol. The molecule has 2 aromatic rings. The van der Waals surface area contributed by atoms with Crippen LogP contribution in [0.2, 0.25) is 5.02 Å². The van der Waals surface area contributed by atoms with E-state index in [-0.39, 0.29) is 10.6 Å². The van der Waals surface area contributed by atoms with Gasteiger partial charge in [-0.2, -0.15) is 7.99 Å². The maximum absolute atomic E-state index is 10.7. The van der Waals surface area contributed by atoms with Gasteiger partial charge in [-0.25, -0.2) is 9.78 Å². The Bertz CT molecular complexity index is 525. The topological polar surface area (TPSA) is 68.0 Å². The van der Waals surface area contributed by atoms with Crippen molar-refractivity contribution in [3.63, 3.8) is 0 Å². The summed E-state index contributed by atoms with van der Waals surface area (Å²) in [5, 5.41) is 13.4. The largest absolute Gasteiger partial charge is 0.478 e. The lowest BCUT2D eigenvalue weighted by atomic mass is 10.2. The molecule has 0 bridgehead atoms. The number of carbonyl (C=O) groups is 1. The number of nitrogens with zero attached hydrogens (tertiary/aromatic N) is 3. The van der Waals surface area contributed by atoms with Gasteiger partial charge in [0.25, 0.3) is 0 Å². The molecule has 14 heavy (non-hydrogen) atoms. The molecule has 7 heteroatoms. The van der Waals surface area contributed by atoms with Gasteiger partial charge >= 0.3 is 5.97 Å². The van der Waals surface area contributed by atoms with E-state index in [0.29, 0.717) is 11.0 Å². The van der Waals surface area contributed by atoms with Gasteiger partial charge in [-0.1, -0.05) is 11.6 Å². The zero-order valence-electron chi connectivity index (χ0n) is 6.61. The van der Waals surface area contributed by atoms with Crippen LogP contribution in [0.3, 0.4) is 0 Å². The van der Waals surface area contributed by atoms with Crippen LogP contribution in [-0.4, -0.2) is 24.1 Å². The lowest BCUT2D eigenvalue weighted by Crippen LogP contribution is -1.99. The molecule has 5 nitrogen and oxygen atoms in total. The molecular weight excluding hydrogens is 320 g/mol. The summed E-state index contributed by atoms with van der Waals surface area (Å²) < 4.78 is 1.50. The van der Waals surface area contributed by atoms with Crippen molar-refractivity contribution in [3.05, 3.63) is 23.0 Å². The van der Waals surface area contributed by atoms with Crippen LogP contribution >= 0.6 is 34.5 Å². The summed E-state index contributed by atoms with van der Waals surface area (Å²) in [6, 6.07) is 0. The Hall–Kier alpha value is -0.890. The highest BCUT2D eigenvalue weighted by molar-refractivity contribution is 14.1. The van der Waals surface area contributed by atoms with E-state index < -0.39 is 5.97 Å². The lowest BCUT2D eigenvalue weighted by Gasteiger charge is -1.98. The van der Waals surface area contributed by atoms with E-state index in [4.69, 9.17) is 16.7 Å². The smallest absolute Gasteiger partial charge is 0.338 e. The molecule has 0 aliphatic rings. The SMILES string of the molecule is O=C(O)c1cnc2c(cnn2I)c1Cl. The lowest BCUT2D eigenvalue weighted by molar-refractivity contribution is 0.0697. The molecule has 72 valence electrons. The average Bonchev–Trinajstić information content (AvgIpc) is 2.49. The van der Waals surface area contributed by atoms with Gasteiger partial charge in [-0.05, 0) is 0 Å². The van der Waals surface area contributed by atoms with Gasteiger partial charge < -0.3 is 5.11 Å². The van der Waals surface area contributed by atoms with Crippen molar-refractivity contribution in [1.29, 1.82) is 0 Å². The van der Waals surface area contributed by atoms with Crippen molar-refractivity contribution >= 4 is 51.5 Å².